The zero-order valence-corrected chi connectivity index (χ0v) is 10.5. The van der Waals surface area contributed by atoms with Crippen LogP contribution < -0.4 is 4.74 Å². The quantitative estimate of drug-likeness (QED) is 0.522. The van der Waals surface area contributed by atoms with E-state index in [-0.39, 0.29) is 11.4 Å². The summed E-state index contributed by atoms with van der Waals surface area (Å²) < 4.78 is 7.02. The molecular formula is C10H10N4O3S. The molecule has 0 spiro atoms. The summed E-state index contributed by atoms with van der Waals surface area (Å²) in [4.78, 5) is 10.4. The summed E-state index contributed by atoms with van der Waals surface area (Å²) in [6.07, 6.45) is 0. The number of H-pyrrole nitrogens is 1. The molecular weight excluding hydrogens is 256 g/mol. The van der Waals surface area contributed by atoms with Gasteiger partial charge >= 0.3 is 5.69 Å². The fourth-order valence-corrected chi connectivity index (χ4v) is 1.71. The standard InChI is InChI=1S/C10H10N4O3S/c1-13-9(11-12-10(13)18)6-3-4-8(17-2)7(5-6)14(15)16/h3-5H,1-2H3,(H,12,18). The first-order valence-corrected chi connectivity index (χ1v) is 5.39. The van der Waals surface area contributed by atoms with Crippen LogP contribution in [0.25, 0.3) is 11.4 Å². The first-order valence-electron chi connectivity index (χ1n) is 4.98. The number of rotatable bonds is 3. The molecule has 18 heavy (non-hydrogen) atoms. The number of ether oxygens (including phenoxy) is 1. The normalized spacial score (nSPS) is 10.3. The van der Waals surface area contributed by atoms with E-state index in [4.69, 9.17) is 17.0 Å². The Morgan fingerprint density at radius 2 is 2.28 bits per heavy atom. The number of nitrogens with zero attached hydrogens (tertiary/aromatic N) is 3. The highest BCUT2D eigenvalue weighted by molar-refractivity contribution is 7.71. The monoisotopic (exact) mass is 266 g/mol. The van der Waals surface area contributed by atoms with E-state index in [2.05, 4.69) is 10.2 Å². The van der Waals surface area contributed by atoms with Gasteiger partial charge in [-0.05, 0) is 24.4 Å². The molecule has 1 N–H and O–H groups in total. The molecule has 94 valence electrons. The summed E-state index contributed by atoms with van der Waals surface area (Å²) in [6.45, 7) is 0. The Kier molecular flexibility index (Phi) is 3.11. The van der Waals surface area contributed by atoms with Gasteiger partial charge in [-0.2, -0.15) is 5.10 Å². The highest BCUT2D eigenvalue weighted by atomic mass is 32.1. The molecule has 1 aromatic heterocycles. The van der Waals surface area contributed by atoms with Gasteiger partial charge in [0.25, 0.3) is 0 Å². The second kappa shape index (κ2) is 4.57. The molecule has 0 saturated heterocycles. The molecule has 0 saturated carbocycles. The van der Waals surface area contributed by atoms with Gasteiger partial charge in [-0.1, -0.05) is 0 Å². The predicted molar refractivity (Wildman–Crippen MR) is 67.0 cm³/mol. The molecule has 0 radical (unpaired) electrons. The van der Waals surface area contributed by atoms with Crippen LogP contribution in [0.15, 0.2) is 18.2 Å². The van der Waals surface area contributed by atoms with Crippen LogP contribution in [0.1, 0.15) is 0 Å². The van der Waals surface area contributed by atoms with E-state index in [9.17, 15) is 10.1 Å². The zero-order chi connectivity index (χ0) is 13.3. The largest absolute Gasteiger partial charge is 0.490 e. The molecule has 8 heteroatoms. The van der Waals surface area contributed by atoms with Crippen molar-refractivity contribution in [2.75, 3.05) is 7.11 Å². The molecule has 0 aliphatic carbocycles. The van der Waals surface area contributed by atoms with E-state index >= 15 is 0 Å². The first-order chi connectivity index (χ1) is 8.54. The number of hydrogen-bond donors (Lipinski definition) is 1. The van der Waals surface area contributed by atoms with Crippen molar-refractivity contribution < 1.29 is 9.66 Å². The highest BCUT2D eigenvalue weighted by Gasteiger charge is 2.17. The lowest BCUT2D eigenvalue weighted by atomic mass is 10.2. The van der Waals surface area contributed by atoms with Crippen LogP contribution in [-0.4, -0.2) is 26.8 Å². The molecule has 1 aromatic carbocycles. The van der Waals surface area contributed by atoms with Crippen LogP contribution in [0.4, 0.5) is 5.69 Å². The smallest absolute Gasteiger partial charge is 0.311 e. The fourth-order valence-electron chi connectivity index (χ4n) is 1.58. The third-order valence-corrected chi connectivity index (χ3v) is 2.88. The van der Waals surface area contributed by atoms with E-state index < -0.39 is 4.92 Å². The van der Waals surface area contributed by atoms with Crippen LogP contribution >= 0.6 is 12.2 Å². The second-order valence-corrected chi connectivity index (χ2v) is 3.94. The van der Waals surface area contributed by atoms with Gasteiger partial charge in [-0.25, -0.2) is 0 Å². The number of benzene rings is 1. The maximum atomic E-state index is 10.9. The number of nitro benzene ring substituents is 1. The van der Waals surface area contributed by atoms with E-state index in [0.29, 0.717) is 16.2 Å². The van der Waals surface area contributed by atoms with Crippen molar-refractivity contribution in [1.29, 1.82) is 0 Å². The second-order valence-electron chi connectivity index (χ2n) is 3.56. The average Bonchev–Trinajstić information content (AvgIpc) is 2.69. The molecule has 0 amide bonds. The number of aromatic amines is 1. The maximum Gasteiger partial charge on any atom is 0.311 e. The van der Waals surface area contributed by atoms with Gasteiger partial charge < -0.3 is 9.30 Å². The maximum absolute atomic E-state index is 10.9. The third kappa shape index (κ3) is 1.97. The topological polar surface area (TPSA) is 86.0 Å². The summed E-state index contributed by atoms with van der Waals surface area (Å²) in [5.41, 5.74) is 0.487. The number of hydrogen-bond acceptors (Lipinski definition) is 5. The minimum atomic E-state index is -0.496. The van der Waals surface area contributed by atoms with Gasteiger partial charge in [0, 0.05) is 18.7 Å². The van der Waals surface area contributed by atoms with Crippen molar-refractivity contribution in [3.63, 3.8) is 0 Å². The molecule has 7 nitrogen and oxygen atoms in total. The summed E-state index contributed by atoms with van der Waals surface area (Å²) in [6, 6.07) is 4.63. The lowest BCUT2D eigenvalue weighted by molar-refractivity contribution is -0.385. The van der Waals surface area contributed by atoms with Crippen LogP contribution in [0.2, 0.25) is 0 Å². The number of nitrogens with one attached hydrogen (secondary N) is 1. The zero-order valence-electron chi connectivity index (χ0n) is 9.71. The Labute approximate surface area is 107 Å². The van der Waals surface area contributed by atoms with Gasteiger partial charge in [0.15, 0.2) is 16.3 Å². The minimum absolute atomic E-state index is 0.107. The van der Waals surface area contributed by atoms with Crippen molar-refractivity contribution in [3.8, 4) is 17.1 Å². The molecule has 0 unspecified atom stereocenters. The van der Waals surface area contributed by atoms with Gasteiger partial charge in [-0.15, -0.1) is 0 Å². The Hall–Kier alpha value is -2.22. The number of nitro groups is 1. The van der Waals surface area contributed by atoms with Crippen molar-refractivity contribution in [2.24, 2.45) is 7.05 Å². The number of methoxy groups -OCH3 is 1. The Morgan fingerprint density at radius 1 is 1.56 bits per heavy atom. The lowest BCUT2D eigenvalue weighted by Gasteiger charge is -2.04. The molecule has 2 aromatic rings. The van der Waals surface area contributed by atoms with Crippen LogP contribution in [-0.2, 0) is 7.05 Å². The van der Waals surface area contributed by atoms with E-state index in [0.717, 1.165) is 0 Å². The minimum Gasteiger partial charge on any atom is -0.490 e. The van der Waals surface area contributed by atoms with Gasteiger partial charge in [-0.3, -0.25) is 15.2 Å². The molecule has 0 aliphatic rings. The summed E-state index contributed by atoms with van der Waals surface area (Å²) in [7, 11) is 3.12. The predicted octanol–water partition coefficient (Wildman–Crippen LogP) is 2.06. The van der Waals surface area contributed by atoms with Crippen molar-refractivity contribution >= 4 is 17.9 Å². The lowest BCUT2D eigenvalue weighted by Crippen LogP contribution is -1.97. The fraction of sp³-hybridized carbons (Fsp3) is 0.200. The first kappa shape index (κ1) is 12.2. The number of aromatic nitrogens is 3. The SMILES string of the molecule is COc1ccc(-c2n[nH]c(=S)n2C)cc1[N+](=O)[O-]. The highest BCUT2D eigenvalue weighted by Crippen LogP contribution is 2.31. The third-order valence-electron chi connectivity index (χ3n) is 2.51. The average molecular weight is 266 g/mol. The van der Waals surface area contributed by atoms with Crippen LogP contribution in [0.5, 0.6) is 5.75 Å². The van der Waals surface area contributed by atoms with E-state index in [1.165, 1.54) is 19.2 Å². The summed E-state index contributed by atoms with van der Waals surface area (Å²) in [5, 5.41) is 17.6. The molecule has 1 heterocycles. The summed E-state index contributed by atoms with van der Waals surface area (Å²) >= 11 is 4.99. The van der Waals surface area contributed by atoms with Crippen molar-refractivity contribution in [3.05, 3.63) is 33.1 Å². The molecule has 2 rings (SSSR count). The van der Waals surface area contributed by atoms with Gasteiger partial charge in [0.05, 0.1) is 12.0 Å². The van der Waals surface area contributed by atoms with E-state index in [1.54, 1.807) is 17.7 Å². The molecule has 0 fully saturated rings. The van der Waals surface area contributed by atoms with Crippen LogP contribution in [0.3, 0.4) is 0 Å². The van der Waals surface area contributed by atoms with Crippen molar-refractivity contribution in [1.82, 2.24) is 14.8 Å². The Bertz CT molecular complexity index is 661. The van der Waals surface area contributed by atoms with Gasteiger partial charge in [0.2, 0.25) is 0 Å². The van der Waals surface area contributed by atoms with Crippen molar-refractivity contribution in [2.45, 2.75) is 0 Å². The Morgan fingerprint density at radius 3 is 2.78 bits per heavy atom. The molecule has 0 aliphatic heterocycles. The van der Waals surface area contributed by atoms with E-state index in [1.807, 2.05) is 0 Å². The van der Waals surface area contributed by atoms with Crippen LogP contribution in [0, 0.1) is 14.9 Å². The Balaban J connectivity index is 2.60. The molecule has 0 atom stereocenters. The molecule has 0 bridgehead atoms. The summed E-state index contributed by atoms with van der Waals surface area (Å²) in [5.74, 6) is 0.742. The van der Waals surface area contributed by atoms with Gasteiger partial charge in [0.1, 0.15) is 0 Å².